The predicted molar refractivity (Wildman–Crippen MR) is 221 cm³/mol. The van der Waals surface area contributed by atoms with E-state index in [9.17, 15) is 29.1 Å². The van der Waals surface area contributed by atoms with E-state index in [4.69, 9.17) is 9.47 Å². The topological polar surface area (TPSA) is 134 Å². The van der Waals surface area contributed by atoms with Crippen molar-refractivity contribution >= 4 is 29.5 Å². The molecule has 0 fully saturated rings. The van der Waals surface area contributed by atoms with Crippen LogP contribution in [-0.4, -0.2) is 109 Å². The van der Waals surface area contributed by atoms with Crippen molar-refractivity contribution in [3.8, 4) is 5.75 Å². The van der Waals surface area contributed by atoms with Crippen molar-refractivity contribution in [2.45, 2.75) is 97.9 Å². The average Bonchev–Trinajstić information content (AvgIpc) is 3.19. The van der Waals surface area contributed by atoms with Gasteiger partial charge in [-0.1, -0.05) is 99.5 Å². The second kappa shape index (κ2) is 21.5. The third-order valence-electron chi connectivity index (χ3n) is 11.0. The van der Waals surface area contributed by atoms with Gasteiger partial charge in [-0.2, -0.15) is 0 Å². The molecule has 0 unspecified atom stereocenters. The summed E-state index contributed by atoms with van der Waals surface area (Å²) in [5.41, 5.74) is 4.63. The molecule has 6 atom stereocenters. The summed E-state index contributed by atoms with van der Waals surface area (Å²) in [6.45, 7) is 11.4. The molecule has 0 aliphatic rings. The lowest BCUT2D eigenvalue weighted by molar-refractivity contribution is -0.163. The van der Waals surface area contributed by atoms with Crippen LogP contribution in [0.4, 0.5) is 0 Å². The zero-order valence-corrected chi connectivity index (χ0v) is 35.7. The van der Waals surface area contributed by atoms with E-state index in [1.54, 1.807) is 31.1 Å². The Balaban J connectivity index is 1.93. The summed E-state index contributed by atoms with van der Waals surface area (Å²) in [7, 11) is 7.92. The number of aryl methyl sites for hydroxylation is 2. The summed E-state index contributed by atoms with van der Waals surface area (Å²) in [4.78, 5) is 74.7. The number of esters is 2. The van der Waals surface area contributed by atoms with Crippen molar-refractivity contribution in [2.75, 3.05) is 35.3 Å². The van der Waals surface area contributed by atoms with Gasteiger partial charge in [0.05, 0.1) is 7.11 Å². The molecule has 3 aromatic rings. The second-order valence-electron chi connectivity index (χ2n) is 15.9. The molecule has 0 saturated carbocycles. The van der Waals surface area contributed by atoms with Gasteiger partial charge in [-0.15, -0.1) is 0 Å². The molecule has 0 bridgehead atoms. The molecule has 0 heterocycles. The number of amides is 2. The maximum absolute atomic E-state index is 14.6. The fraction of sp³-hybridized carbons (Fsp3) is 0.500. The van der Waals surface area contributed by atoms with Gasteiger partial charge in [0.15, 0.2) is 11.9 Å². The molecule has 57 heavy (non-hydrogen) atoms. The third kappa shape index (κ3) is 13.0. The van der Waals surface area contributed by atoms with Gasteiger partial charge in [0.25, 0.3) is 0 Å². The van der Waals surface area contributed by atoms with Crippen LogP contribution in [0, 0.1) is 31.6 Å². The molecule has 0 saturated heterocycles. The lowest BCUT2D eigenvalue weighted by Crippen LogP contribution is -2.55. The molecular weight excluding hydrogens is 723 g/mol. The van der Waals surface area contributed by atoms with E-state index in [1.807, 2.05) is 90.1 Å². The number of benzene rings is 3. The zero-order chi connectivity index (χ0) is 42.6. The van der Waals surface area contributed by atoms with Crippen molar-refractivity contribution in [2.24, 2.45) is 17.8 Å². The van der Waals surface area contributed by atoms with Gasteiger partial charge in [0, 0.05) is 45.2 Å². The number of ketones is 1. The van der Waals surface area contributed by atoms with Crippen molar-refractivity contribution in [1.29, 1.82) is 0 Å². The molecule has 0 aromatic heterocycles. The molecular formula is C46H63N3O8. The number of hydrogen-bond acceptors (Lipinski definition) is 9. The number of likely N-dealkylation sites (N-methyl/N-ethyl adjacent to an activating group) is 3. The van der Waals surface area contributed by atoms with Gasteiger partial charge in [0.2, 0.25) is 11.8 Å². The minimum absolute atomic E-state index is 0.0500. The van der Waals surface area contributed by atoms with Crippen LogP contribution in [-0.2, 0) is 52.7 Å². The number of nitrogens with zero attached hydrogens (tertiary/aromatic N) is 3. The molecule has 1 N–H and O–H groups in total. The molecule has 310 valence electrons. The van der Waals surface area contributed by atoms with Gasteiger partial charge < -0.3 is 24.4 Å². The number of phenolic OH excluding ortho intramolecular Hbond substituents is 1. The molecule has 0 radical (unpaired) electrons. The Morgan fingerprint density at radius 2 is 1.07 bits per heavy atom. The van der Waals surface area contributed by atoms with Crippen molar-refractivity contribution in [1.82, 2.24) is 14.7 Å². The maximum Gasteiger partial charge on any atom is 0.328 e. The van der Waals surface area contributed by atoms with Gasteiger partial charge in [-0.05, 0) is 75.5 Å². The highest BCUT2D eigenvalue weighted by Crippen LogP contribution is 2.26. The monoisotopic (exact) mass is 785 g/mol. The van der Waals surface area contributed by atoms with E-state index in [0.29, 0.717) is 18.4 Å². The van der Waals surface area contributed by atoms with Gasteiger partial charge in [-0.3, -0.25) is 24.1 Å². The van der Waals surface area contributed by atoms with E-state index in [2.05, 4.69) is 0 Å². The summed E-state index contributed by atoms with van der Waals surface area (Å²) < 4.78 is 11.2. The Bertz CT molecular complexity index is 1790. The molecule has 11 heteroatoms. The lowest BCUT2D eigenvalue weighted by Gasteiger charge is -2.36. The summed E-state index contributed by atoms with van der Waals surface area (Å²) in [6, 6.07) is 19.2. The molecule has 0 aliphatic heterocycles. The fourth-order valence-corrected chi connectivity index (χ4v) is 6.79. The quantitative estimate of drug-likeness (QED) is 0.137. The van der Waals surface area contributed by atoms with Crippen LogP contribution in [0.15, 0.2) is 72.8 Å². The van der Waals surface area contributed by atoms with Crippen molar-refractivity contribution in [3.63, 3.8) is 0 Å². The Kier molecular flexibility index (Phi) is 17.5. The first-order chi connectivity index (χ1) is 26.9. The summed E-state index contributed by atoms with van der Waals surface area (Å²) >= 11 is 0. The highest BCUT2D eigenvalue weighted by molar-refractivity contribution is 5.94. The number of hydrogen-bond donors (Lipinski definition) is 1. The number of carbonyl (C=O) groups excluding carboxylic acids is 5. The molecule has 2 amide bonds. The third-order valence-corrected chi connectivity index (χ3v) is 11.0. The summed E-state index contributed by atoms with van der Waals surface area (Å²) in [5.74, 6) is -3.85. The Labute approximate surface area is 339 Å². The van der Waals surface area contributed by atoms with Gasteiger partial charge in [0.1, 0.15) is 23.9 Å². The highest BCUT2D eigenvalue weighted by Gasteiger charge is 2.40. The molecule has 11 nitrogen and oxygen atoms in total. The zero-order valence-electron chi connectivity index (χ0n) is 35.7. The number of ether oxygens (including phenoxy) is 2. The molecule has 0 aliphatic carbocycles. The van der Waals surface area contributed by atoms with E-state index in [-0.39, 0.29) is 42.6 Å². The van der Waals surface area contributed by atoms with E-state index in [0.717, 1.165) is 22.3 Å². The maximum atomic E-state index is 14.6. The molecule has 3 aromatic carbocycles. The smallest absolute Gasteiger partial charge is 0.328 e. The molecule has 0 spiro atoms. The summed E-state index contributed by atoms with van der Waals surface area (Å²) in [5, 5.41) is 9.95. The van der Waals surface area contributed by atoms with E-state index in [1.165, 1.54) is 43.1 Å². The SMILES string of the molecule is CC[C@@H](C)[C@@H](OC(=O)[C@@H](Cc1ccc(C)cc1)N(C)C)C(=O)C[C@H](C(=O)N(C)[C@@H](Cc1ccc(O)cc1)C(=O)N(C)[C@@H](Cc1ccc(C)cc1)C(=O)OC)C(C)C. The average molecular weight is 786 g/mol. The van der Waals surface area contributed by atoms with Crippen LogP contribution < -0.4 is 0 Å². The molecule has 3 rings (SSSR count). The van der Waals surface area contributed by atoms with Crippen LogP contribution in [0.5, 0.6) is 5.75 Å². The number of carbonyl (C=O) groups is 5. The normalized spacial score (nSPS) is 14.5. The number of rotatable bonds is 20. The van der Waals surface area contributed by atoms with Crippen LogP contribution in [0.1, 0.15) is 68.4 Å². The fourth-order valence-electron chi connectivity index (χ4n) is 6.79. The van der Waals surface area contributed by atoms with Crippen LogP contribution in [0.3, 0.4) is 0 Å². The minimum atomic E-state index is -1.08. The largest absolute Gasteiger partial charge is 0.508 e. The second-order valence-corrected chi connectivity index (χ2v) is 15.9. The first kappa shape index (κ1) is 46.4. The van der Waals surface area contributed by atoms with Crippen molar-refractivity contribution in [3.05, 3.63) is 101 Å². The van der Waals surface area contributed by atoms with Gasteiger partial charge >= 0.3 is 11.9 Å². The Morgan fingerprint density at radius 3 is 1.51 bits per heavy atom. The van der Waals surface area contributed by atoms with Crippen LogP contribution in [0.25, 0.3) is 0 Å². The minimum Gasteiger partial charge on any atom is -0.508 e. The lowest BCUT2D eigenvalue weighted by atomic mass is 9.85. The predicted octanol–water partition coefficient (Wildman–Crippen LogP) is 5.98. The van der Waals surface area contributed by atoms with Crippen molar-refractivity contribution < 1.29 is 38.6 Å². The number of Topliss-reactive ketones (excluding diaryl/α,β-unsaturated/α-hetero) is 1. The number of aromatic hydroxyl groups is 1. The van der Waals surface area contributed by atoms with E-state index < -0.39 is 53.9 Å². The van der Waals surface area contributed by atoms with Gasteiger partial charge in [-0.25, -0.2) is 4.79 Å². The number of phenols is 1. The Morgan fingerprint density at radius 1 is 0.632 bits per heavy atom. The van der Waals surface area contributed by atoms with Crippen LogP contribution in [0.2, 0.25) is 0 Å². The van der Waals surface area contributed by atoms with Crippen LogP contribution >= 0.6 is 0 Å². The first-order valence-corrected chi connectivity index (χ1v) is 19.8. The highest BCUT2D eigenvalue weighted by atomic mass is 16.5. The summed E-state index contributed by atoms with van der Waals surface area (Å²) in [6.07, 6.45) is -0.0562. The Hall–Kier alpha value is -5.03. The number of methoxy groups -OCH3 is 1. The first-order valence-electron chi connectivity index (χ1n) is 19.8. The standard InChI is InChI=1S/C46H63N3O8/c1-12-32(6)42(57-46(55)39(47(7)8)26-33-17-13-30(4)14-18-33)41(51)28-37(29(2)3)43(52)48(9)38(25-35-21-23-36(50)24-22-35)44(53)49(10)40(45(54)56-11)27-34-19-15-31(5)16-20-34/h13-24,29,32,37-40,42,50H,12,25-28H2,1-11H3/t32-,37+,38+,39-,40+,42-/m1/s1. The van der Waals surface area contributed by atoms with E-state index >= 15 is 0 Å².